The lowest BCUT2D eigenvalue weighted by molar-refractivity contribution is 0.00530. The van der Waals surface area contributed by atoms with Crippen LogP contribution in [-0.4, -0.2) is 25.9 Å². The fourth-order valence-corrected chi connectivity index (χ4v) is 3.51. The third-order valence-electron chi connectivity index (χ3n) is 4.72. The second-order valence-electron chi connectivity index (χ2n) is 6.39. The summed E-state index contributed by atoms with van der Waals surface area (Å²) in [6, 6.07) is 7.02. The van der Waals surface area contributed by atoms with Gasteiger partial charge in [-0.1, -0.05) is 24.6 Å². The predicted molar refractivity (Wildman–Crippen MR) is 84.8 cm³/mol. The van der Waals surface area contributed by atoms with Gasteiger partial charge in [-0.3, -0.25) is 0 Å². The Kier molecular flexibility index (Phi) is 4.81. The summed E-state index contributed by atoms with van der Waals surface area (Å²) in [5.74, 6) is 1.72. The molecule has 2 atom stereocenters. The summed E-state index contributed by atoms with van der Waals surface area (Å²) >= 11 is 0. The molecule has 2 aliphatic rings. The molecule has 0 radical (unpaired) electrons. The number of rotatable bonds is 4. The van der Waals surface area contributed by atoms with E-state index in [0.717, 1.165) is 44.8 Å². The van der Waals surface area contributed by atoms with Crippen molar-refractivity contribution >= 4 is 0 Å². The van der Waals surface area contributed by atoms with Crippen molar-refractivity contribution in [1.29, 1.82) is 0 Å². The molecule has 1 aromatic rings. The Morgan fingerprint density at radius 3 is 2.81 bits per heavy atom. The Morgan fingerprint density at radius 1 is 1.24 bits per heavy atom. The first-order valence-corrected chi connectivity index (χ1v) is 8.36. The fourth-order valence-electron chi connectivity index (χ4n) is 3.51. The molecule has 1 saturated heterocycles. The monoisotopic (exact) mass is 289 g/mol. The van der Waals surface area contributed by atoms with Crippen molar-refractivity contribution in [1.82, 2.24) is 5.32 Å². The Hall–Kier alpha value is -1.06. The lowest BCUT2D eigenvalue weighted by atomic mass is 9.85. The van der Waals surface area contributed by atoms with Gasteiger partial charge in [-0.25, -0.2) is 0 Å². The highest BCUT2D eigenvalue weighted by atomic mass is 16.5. The van der Waals surface area contributed by atoms with E-state index in [1.54, 1.807) is 0 Å². The summed E-state index contributed by atoms with van der Waals surface area (Å²) in [4.78, 5) is 0. The fraction of sp³-hybridized carbons (Fsp3) is 0.667. The van der Waals surface area contributed by atoms with E-state index in [0.29, 0.717) is 18.1 Å². The molecule has 0 amide bonds. The predicted octanol–water partition coefficient (Wildman–Crippen LogP) is 3.61. The number of hydrogen-bond acceptors (Lipinski definition) is 3. The van der Waals surface area contributed by atoms with E-state index in [1.807, 2.05) is 0 Å². The molecule has 1 fully saturated rings. The Morgan fingerprint density at radius 2 is 2.05 bits per heavy atom. The Balaban J connectivity index is 1.80. The van der Waals surface area contributed by atoms with Crippen molar-refractivity contribution in [3.63, 3.8) is 0 Å². The largest absolute Gasteiger partial charge is 0.490 e. The van der Waals surface area contributed by atoms with Crippen LogP contribution in [0.4, 0.5) is 0 Å². The zero-order valence-corrected chi connectivity index (χ0v) is 13.2. The van der Waals surface area contributed by atoms with Gasteiger partial charge in [0.25, 0.3) is 0 Å². The molecule has 21 heavy (non-hydrogen) atoms. The third-order valence-corrected chi connectivity index (χ3v) is 4.72. The van der Waals surface area contributed by atoms with Crippen LogP contribution < -0.4 is 10.1 Å². The first-order valence-electron chi connectivity index (χ1n) is 8.36. The molecule has 0 saturated carbocycles. The maximum absolute atomic E-state index is 6.34. The summed E-state index contributed by atoms with van der Waals surface area (Å²) in [6.45, 7) is 7.22. The normalized spacial score (nSPS) is 26.2. The van der Waals surface area contributed by atoms with Gasteiger partial charge in [-0.05, 0) is 38.8 Å². The van der Waals surface area contributed by atoms with E-state index in [2.05, 4.69) is 37.4 Å². The van der Waals surface area contributed by atoms with Crippen molar-refractivity contribution in [2.24, 2.45) is 5.92 Å². The van der Waals surface area contributed by atoms with Crippen molar-refractivity contribution in [3.05, 3.63) is 29.3 Å². The second kappa shape index (κ2) is 6.80. The van der Waals surface area contributed by atoms with Crippen LogP contribution in [0.15, 0.2) is 18.2 Å². The molecule has 3 rings (SSSR count). The first kappa shape index (κ1) is 14.9. The van der Waals surface area contributed by atoms with Gasteiger partial charge in [0, 0.05) is 37.2 Å². The van der Waals surface area contributed by atoms with Crippen LogP contribution >= 0.6 is 0 Å². The minimum atomic E-state index is 0.332. The van der Waals surface area contributed by atoms with E-state index < -0.39 is 0 Å². The maximum atomic E-state index is 6.34. The number of nitrogens with one attached hydrogen (secondary N) is 1. The van der Waals surface area contributed by atoms with Crippen molar-refractivity contribution < 1.29 is 9.47 Å². The highest BCUT2D eigenvalue weighted by molar-refractivity contribution is 5.41. The third kappa shape index (κ3) is 3.41. The molecule has 1 N–H and O–H groups in total. The van der Waals surface area contributed by atoms with Crippen LogP contribution in [0.5, 0.6) is 5.75 Å². The molecule has 2 heterocycles. The van der Waals surface area contributed by atoms with Crippen molar-refractivity contribution in [3.8, 4) is 5.75 Å². The van der Waals surface area contributed by atoms with Gasteiger partial charge < -0.3 is 14.8 Å². The minimum absolute atomic E-state index is 0.332. The van der Waals surface area contributed by atoms with E-state index in [4.69, 9.17) is 9.47 Å². The number of benzene rings is 1. The van der Waals surface area contributed by atoms with E-state index in [1.165, 1.54) is 17.5 Å². The smallest absolute Gasteiger partial charge is 0.124 e. The van der Waals surface area contributed by atoms with E-state index >= 15 is 0 Å². The molecule has 2 unspecified atom stereocenters. The quantitative estimate of drug-likeness (QED) is 0.918. The van der Waals surface area contributed by atoms with Crippen LogP contribution in [0.2, 0.25) is 0 Å². The van der Waals surface area contributed by atoms with E-state index in [9.17, 15) is 0 Å². The molecule has 0 aromatic heterocycles. The minimum Gasteiger partial charge on any atom is -0.490 e. The van der Waals surface area contributed by atoms with Crippen molar-refractivity contribution in [2.75, 3.05) is 19.8 Å². The molecule has 0 aliphatic carbocycles. The molecule has 116 valence electrons. The summed E-state index contributed by atoms with van der Waals surface area (Å²) < 4.78 is 11.8. The van der Waals surface area contributed by atoms with Gasteiger partial charge in [-0.15, -0.1) is 0 Å². The molecule has 0 spiro atoms. The SMILES string of the molecule is CCCNC1CC(C2CCOCC2)Oc2ccc(C)cc21. The molecular weight excluding hydrogens is 262 g/mol. The zero-order chi connectivity index (χ0) is 14.7. The maximum Gasteiger partial charge on any atom is 0.124 e. The molecule has 3 heteroatoms. The van der Waals surface area contributed by atoms with Gasteiger partial charge in [0.2, 0.25) is 0 Å². The molecule has 0 bridgehead atoms. The lowest BCUT2D eigenvalue weighted by Crippen LogP contribution is -2.39. The molecule has 3 nitrogen and oxygen atoms in total. The molecule has 2 aliphatic heterocycles. The molecule has 1 aromatic carbocycles. The van der Waals surface area contributed by atoms with Gasteiger partial charge in [0.1, 0.15) is 11.9 Å². The average molecular weight is 289 g/mol. The van der Waals surface area contributed by atoms with Gasteiger partial charge in [-0.2, -0.15) is 0 Å². The second-order valence-corrected chi connectivity index (χ2v) is 6.39. The van der Waals surface area contributed by atoms with Gasteiger partial charge >= 0.3 is 0 Å². The summed E-state index contributed by atoms with van der Waals surface area (Å²) in [5.41, 5.74) is 2.65. The molecular formula is C18H27NO2. The van der Waals surface area contributed by atoms with Crippen LogP contribution in [0, 0.1) is 12.8 Å². The van der Waals surface area contributed by atoms with Crippen molar-refractivity contribution in [2.45, 2.75) is 51.7 Å². The van der Waals surface area contributed by atoms with Gasteiger partial charge in [0.15, 0.2) is 0 Å². The summed E-state index contributed by atoms with van der Waals surface area (Å²) in [5, 5.41) is 3.71. The van der Waals surface area contributed by atoms with Crippen LogP contribution in [0.25, 0.3) is 0 Å². The number of ether oxygens (including phenoxy) is 2. The average Bonchev–Trinajstić information content (AvgIpc) is 2.53. The number of hydrogen-bond donors (Lipinski definition) is 1. The number of fused-ring (bicyclic) bond motifs is 1. The van der Waals surface area contributed by atoms with Crippen LogP contribution in [0.1, 0.15) is 49.8 Å². The van der Waals surface area contributed by atoms with Crippen LogP contribution in [0.3, 0.4) is 0 Å². The number of aryl methyl sites for hydroxylation is 1. The van der Waals surface area contributed by atoms with E-state index in [-0.39, 0.29) is 0 Å². The highest BCUT2D eigenvalue weighted by Crippen LogP contribution is 2.39. The first-order chi connectivity index (χ1) is 10.3. The highest BCUT2D eigenvalue weighted by Gasteiger charge is 2.33. The van der Waals surface area contributed by atoms with Gasteiger partial charge in [0.05, 0.1) is 0 Å². The Labute approximate surface area is 128 Å². The lowest BCUT2D eigenvalue weighted by Gasteiger charge is -2.38. The summed E-state index contributed by atoms with van der Waals surface area (Å²) in [6.07, 6.45) is 4.85. The topological polar surface area (TPSA) is 30.5 Å². The summed E-state index contributed by atoms with van der Waals surface area (Å²) in [7, 11) is 0. The zero-order valence-electron chi connectivity index (χ0n) is 13.2. The Bertz CT molecular complexity index is 468. The van der Waals surface area contributed by atoms with Crippen LogP contribution in [-0.2, 0) is 4.74 Å². The standard InChI is InChI=1S/C18H27NO2/c1-3-8-19-16-12-18(14-6-9-20-10-7-14)21-17-5-4-13(2)11-15(16)17/h4-5,11,14,16,18-19H,3,6-10,12H2,1-2H3.